The fraction of sp³-hybridized carbons (Fsp3) is 0.594. The van der Waals surface area contributed by atoms with Gasteiger partial charge < -0.3 is 39.4 Å². The van der Waals surface area contributed by atoms with Crippen LogP contribution in [0.1, 0.15) is 46.1 Å². The molecule has 2 aliphatic heterocycles. The number of allylic oxidation sites excluding steroid dienone is 3. The molecule has 3 rings (SSSR count). The fourth-order valence-corrected chi connectivity index (χ4v) is 5.68. The normalized spacial score (nSPS) is 27.5. The minimum absolute atomic E-state index is 0.0113. The van der Waals surface area contributed by atoms with Gasteiger partial charge in [-0.1, -0.05) is 48.4 Å². The number of ether oxygens (including phenoxy) is 5. The van der Waals surface area contributed by atoms with E-state index in [-0.39, 0.29) is 18.7 Å². The van der Waals surface area contributed by atoms with Crippen LogP contribution in [0.3, 0.4) is 0 Å². The lowest BCUT2D eigenvalue weighted by Crippen LogP contribution is -2.63. The number of carbonyl (C=O) groups excluding carboxylic acids is 3. The van der Waals surface area contributed by atoms with E-state index in [1.807, 2.05) is 32.1 Å². The number of aliphatic hydroxyl groups is 1. The van der Waals surface area contributed by atoms with E-state index in [9.17, 15) is 19.5 Å². The molecule has 0 aliphatic carbocycles. The van der Waals surface area contributed by atoms with Crippen molar-refractivity contribution in [3.8, 4) is 5.75 Å². The Balaban J connectivity index is 1.72. The number of hydrogen-bond donors (Lipinski definition) is 4. The molecule has 2 aliphatic rings. The van der Waals surface area contributed by atoms with E-state index in [2.05, 4.69) is 16.0 Å². The Labute approximate surface area is 269 Å². The SMILES string of the molecule is CNC(=O)CC(OC(=O)C(C)NC)C1(C)OC1C(C)C1CC(O)(C(/C=C/C=C(\C)Cc2ccc(Cl)c(OC)c2)OC)NC(=O)O1. The first kappa shape index (κ1) is 36.3. The zero-order valence-electron chi connectivity index (χ0n) is 27.1. The number of likely N-dealkylation sites (N-methyl/N-ethyl adjacent to an activating group) is 1. The topological polar surface area (TPSA) is 157 Å². The largest absolute Gasteiger partial charge is 0.495 e. The highest BCUT2D eigenvalue weighted by Crippen LogP contribution is 2.48. The molecule has 2 heterocycles. The molecule has 0 saturated carbocycles. The molecule has 4 N–H and O–H groups in total. The Bertz CT molecular complexity index is 1290. The lowest BCUT2D eigenvalue weighted by molar-refractivity contribution is -0.155. The van der Waals surface area contributed by atoms with Gasteiger partial charge in [0, 0.05) is 26.5 Å². The summed E-state index contributed by atoms with van der Waals surface area (Å²) in [5.74, 6) is -0.673. The van der Waals surface area contributed by atoms with Gasteiger partial charge in [-0.05, 0) is 51.9 Å². The van der Waals surface area contributed by atoms with Gasteiger partial charge in [-0.15, -0.1) is 0 Å². The molecule has 2 saturated heterocycles. The number of methoxy groups -OCH3 is 2. The molecule has 2 fully saturated rings. The van der Waals surface area contributed by atoms with Gasteiger partial charge in [-0.25, -0.2) is 4.79 Å². The van der Waals surface area contributed by atoms with Gasteiger partial charge in [-0.2, -0.15) is 0 Å². The van der Waals surface area contributed by atoms with Gasteiger partial charge in [0.05, 0.1) is 24.7 Å². The molecule has 45 heavy (non-hydrogen) atoms. The standard InChI is InChI=1S/C32H46ClN3O9/c1-18(14-21-12-13-22(33)23(15-21)41-7)10-9-11-25(42-8)32(40)17-24(43-30(39)36-32)19(2)28-31(4,45-28)26(16-27(37)35-6)44-29(38)20(3)34-5/h9-13,15,19-20,24-26,28,34,40H,14,16-17H2,1-8H3,(H,35,37)(H,36,39)/b11-9+,18-10+. The van der Waals surface area contributed by atoms with Crippen molar-refractivity contribution in [3.63, 3.8) is 0 Å². The quantitative estimate of drug-likeness (QED) is 0.126. The summed E-state index contributed by atoms with van der Waals surface area (Å²) in [5.41, 5.74) is -0.749. The number of amides is 2. The van der Waals surface area contributed by atoms with Crippen LogP contribution in [0.5, 0.6) is 5.75 Å². The zero-order valence-corrected chi connectivity index (χ0v) is 27.9. The average molecular weight is 652 g/mol. The summed E-state index contributed by atoms with van der Waals surface area (Å²) >= 11 is 6.13. The van der Waals surface area contributed by atoms with Gasteiger partial charge in [0.1, 0.15) is 35.7 Å². The van der Waals surface area contributed by atoms with Crippen molar-refractivity contribution >= 4 is 29.6 Å². The number of rotatable bonds is 15. The number of hydrogen-bond acceptors (Lipinski definition) is 10. The van der Waals surface area contributed by atoms with Crippen LogP contribution in [0.15, 0.2) is 42.0 Å². The number of benzene rings is 1. The number of cyclic esters (lactones) is 1. The summed E-state index contributed by atoms with van der Waals surface area (Å²) in [4.78, 5) is 37.5. The van der Waals surface area contributed by atoms with Crippen LogP contribution in [-0.2, 0) is 35.0 Å². The van der Waals surface area contributed by atoms with Crippen molar-refractivity contribution in [2.75, 3.05) is 28.3 Å². The Morgan fingerprint density at radius 2 is 1.98 bits per heavy atom. The van der Waals surface area contributed by atoms with Crippen molar-refractivity contribution in [2.24, 2.45) is 5.92 Å². The second-order valence-corrected chi connectivity index (χ2v) is 12.2. The fourth-order valence-electron chi connectivity index (χ4n) is 5.49. The first-order chi connectivity index (χ1) is 21.2. The van der Waals surface area contributed by atoms with Crippen LogP contribution < -0.4 is 20.7 Å². The maximum absolute atomic E-state index is 12.7. The van der Waals surface area contributed by atoms with Crippen molar-refractivity contribution in [2.45, 2.75) is 88.7 Å². The van der Waals surface area contributed by atoms with E-state index >= 15 is 0 Å². The van der Waals surface area contributed by atoms with Crippen molar-refractivity contribution in [3.05, 3.63) is 52.6 Å². The Kier molecular flexibility index (Phi) is 12.4. The van der Waals surface area contributed by atoms with E-state index in [0.717, 1.165) is 11.1 Å². The number of halogens is 1. The third kappa shape index (κ3) is 8.98. The van der Waals surface area contributed by atoms with Crippen LogP contribution in [0.25, 0.3) is 0 Å². The minimum Gasteiger partial charge on any atom is -0.495 e. The lowest BCUT2D eigenvalue weighted by Gasteiger charge is -2.42. The molecule has 0 aromatic heterocycles. The number of carbonyl (C=O) groups is 3. The molecule has 0 spiro atoms. The molecule has 1 aromatic rings. The van der Waals surface area contributed by atoms with E-state index in [1.165, 1.54) is 14.2 Å². The molecule has 0 radical (unpaired) electrons. The second kappa shape index (κ2) is 15.4. The summed E-state index contributed by atoms with van der Waals surface area (Å²) < 4.78 is 28.2. The Hall–Kier alpha value is -3.16. The molecule has 12 nitrogen and oxygen atoms in total. The monoisotopic (exact) mass is 651 g/mol. The van der Waals surface area contributed by atoms with Crippen LogP contribution in [0.2, 0.25) is 5.02 Å². The third-order valence-electron chi connectivity index (χ3n) is 8.47. The predicted molar refractivity (Wildman–Crippen MR) is 168 cm³/mol. The van der Waals surface area contributed by atoms with E-state index in [1.54, 1.807) is 46.2 Å². The first-order valence-electron chi connectivity index (χ1n) is 14.9. The zero-order chi connectivity index (χ0) is 33.5. The average Bonchev–Trinajstić information content (AvgIpc) is 3.70. The van der Waals surface area contributed by atoms with Gasteiger partial charge in [0.15, 0.2) is 5.72 Å². The maximum atomic E-state index is 12.7. The number of alkyl carbamates (subject to hydrolysis) is 1. The van der Waals surface area contributed by atoms with Crippen molar-refractivity contribution in [1.82, 2.24) is 16.0 Å². The lowest BCUT2D eigenvalue weighted by atomic mass is 9.83. The summed E-state index contributed by atoms with van der Waals surface area (Å²) in [6.07, 6.45) is 1.95. The maximum Gasteiger partial charge on any atom is 0.409 e. The van der Waals surface area contributed by atoms with Gasteiger partial charge >= 0.3 is 12.1 Å². The summed E-state index contributed by atoms with van der Waals surface area (Å²) in [7, 11) is 6.13. The molecular formula is C32H46ClN3O9. The van der Waals surface area contributed by atoms with E-state index in [0.29, 0.717) is 17.2 Å². The van der Waals surface area contributed by atoms with Gasteiger partial charge in [0.25, 0.3) is 0 Å². The van der Waals surface area contributed by atoms with E-state index < -0.39 is 59.8 Å². The third-order valence-corrected chi connectivity index (χ3v) is 8.78. The molecule has 1 aromatic carbocycles. The van der Waals surface area contributed by atoms with Crippen molar-refractivity contribution in [1.29, 1.82) is 0 Å². The molecule has 8 atom stereocenters. The summed E-state index contributed by atoms with van der Waals surface area (Å²) in [6.45, 7) is 7.20. The highest BCUT2D eigenvalue weighted by atomic mass is 35.5. The van der Waals surface area contributed by atoms with Gasteiger partial charge in [-0.3, -0.25) is 14.9 Å². The van der Waals surface area contributed by atoms with Crippen LogP contribution in [-0.4, -0.2) is 93.2 Å². The Morgan fingerprint density at radius 3 is 2.60 bits per heavy atom. The van der Waals surface area contributed by atoms with Gasteiger partial charge in [0.2, 0.25) is 5.91 Å². The number of epoxide rings is 1. The highest BCUT2D eigenvalue weighted by molar-refractivity contribution is 6.32. The minimum atomic E-state index is -1.79. The van der Waals surface area contributed by atoms with Crippen LogP contribution >= 0.6 is 11.6 Å². The first-order valence-corrected chi connectivity index (χ1v) is 15.3. The second-order valence-electron chi connectivity index (χ2n) is 11.8. The molecule has 250 valence electrons. The Morgan fingerprint density at radius 1 is 1.27 bits per heavy atom. The number of esters is 1. The molecule has 8 unspecified atom stereocenters. The molecular weight excluding hydrogens is 606 g/mol. The predicted octanol–water partition coefficient (Wildman–Crippen LogP) is 3.05. The number of nitrogens with one attached hydrogen (secondary N) is 3. The molecule has 13 heteroatoms. The smallest absolute Gasteiger partial charge is 0.409 e. The van der Waals surface area contributed by atoms with Crippen molar-refractivity contribution < 1.29 is 43.2 Å². The summed E-state index contributed by atoms with van der Waals surface area (Å²) in [6, 6.07) is 5.00. The van der Waals surface area contributed by atoms with E-state index in [4.69, 9.17) is 35.3 Å². The molecule has 2 amide bonds. The molecule has 0 bridgehead atoms. The van der Waals surface area contributed by atoms with Crippen LogP contribution in [0.4, 0.5) is 4.79 Å². The van der Waals surface area contributed by atoms with Crippen LogP contribution in [0, 0.1) is 5.92 Å². The highest BCUT2D eigenvalue weighted by Gasteiger charge is 2.64. The summed E-state index contributed by atoms with van der Waals surface area (Å²) in [5, 5.41) is 20.0.